The van der Waals surface area contributed by atoms with Crippen LogP contribution in [0.3, 0.4) is 0 Å². The lowest BCUT2D eigenvalue weighted by atomic mass is 9.58. The predicted octanol–water partition coefficient (Wildman–Crippen LogP) is 9.83. The maximum atomic E-state index is 6.71. The van der Waals surface area contributed by atoms with E-state index in [1.165, 1.54) is 49.6 Å². The average Bonchev–Trinajstić information content (AvgIpc) is 3.83. The Labute approximate surface area is 270 Å². The van der Waals surface area contributed by atoms with Crippen LogP contribution in [-0.2, 0) is 0 Å². The summed E-state index contributed by atoms with van der Waals surface area (Å²) in [6, 6.07) is 41.1. The molecule has 5 heteroatoms. The third kappa shape index (κ3) is 3.23. The van der Waals surface area contributed by atoms with Crippen LogP contribution in [0.5, 0.6) is 0 Å². The van der Waals surface area contributed by atoms with Gasteiger partial charge in [-0.3, -0.25) is 4.57 Å². The fourth-order valence-corrected chi connectivity index (χ4v) is 8.26. The first kappa shape index (κ1) is 25.3. The van der Waals surface area contributed by atoms with Gasteiger partial charge in [0.25, 0.3) is 0 Å². The van der Waals surface area contributed by atoms with E-state index >= 15 is 0 Å². The lowest BCUT2D eigenvalue weighted by Crippen LogP contribution is -2.37. The first-order valence-corrected chi connectivity index (χ1v) is 16.1. The average molecular weight is 601 g/mol. The molecule has 0 amide bonds. The second-order valence-electron chi connectivity index (χ2n) is 12.9. The molecule has 0 unspecified atom stereocenters. The van der Waals surface area contributed by atoms with Crippen molar-refractivity contribution in [2.75, 3.05) is 0 Å². The van der Waals surface area contributed by atoms with Crippen LogP contribution in [0.25, 0.3) is 93.9 Å². The Bertz CT molecular complexity index is 2950. The third-order valence-electron chi connectivity index (χ3n) is 10.3. The van der Waals surface area contributed by atoms with Gasteiger partial charge in [0.2, 0.25) is 5.71 Å². The van der Waals surface area contributed by atoms with Gasteiger partial charge in [0.1, 0.15) is 11.2 Å². The molecule has 0 saturated carbocycles. The summed E-state index contributed by atoms with van der Waals surface area (Å²) in [4.78, 5) is 3.81. The number of nitrogens with one attached hydrogen (secondary N) is 1. The number of nitrogens with zero attached hydrogens (tertiary/aromatic N) is 1. The van der Waals surface area contributed by atoms with E-state index in [1.54, 1.807) is 0 Å². The van der Waals surface area contributed by atoms with Gasteiger partial charge in [0.05, 0.1) is 21.9 Å². The van der Waals surface area contributed by atoms with Gasteiger partial charge in [-0.15, -0.1) is 0 Å². The van der Waals surface area contributed by atoms with Gasteiger partial charge in [-0.25, -0.2) is 0 Å². The smallest absolute Gasteiger partial charge is 0.213 e. The van der Waals surface area contributed by atoms with E-state index in [9.17, 15) is 0 Å². The van der Waals surface area contributed by atoms with Crippen molar-refractivity contribution in [3.63, 3.8) is 0 Å². The summed E-state index contributed by atoms with van der Waals surface area (Å²) in [7, 11) is 2.36. The molecule has 1 radical (unpaired) electrons. The first-order valence-electron chi connectivity index (χ1n) is 16.1. The van der Waals surface area contributed by atoms with Crippen molar-refractivity contribution in [1.82, 2.24) is 9.55 Å². The first-order chi connectivity index (χ1) is 23.1. The zero-order valence-electron chi connectivity index (χ0n) is 25.8. The number of H-pyrrole nitrogens is 1. The number of rotatable bonds is 2. The third-order valence-corrected chi connectivity index (χ3v) is 10.3. The molecule has 11 rings (SSSR count). The molecule has 1 N–H and O–H groups in total. The fraction of sp³-hybridized carbons (Fsp3) is 0.0476. The minimum Gasteiger partial charge on any atom is -0.454 e. The van der Waals surface area contributed by atoms with Gasteiger partial charge in [0.15, 0.2) is 12.9 Å². The van der Waals surface area contributed by atoms with Crippen LogP contribution in [0.1, 0.15) is 11.1 Å². The number of furan rings is 2. The summed E-state index contributed by atoms with van der Waals surface area (Å²) in [5, 5.41) is 5.69. The number of para-hydroxylation sites is 4. The Balaban J connectivity index is 1.29. The van der Waals surface area contributed by atoms with Gasteiger partial charge >= 0.3 is 0 Å². The number of hydrogen-bond donors (Lipinski definition) is 1. The molecule has 47 heavy (non-hydrogen) atoms. The Kier molecular flexibility index (Phi) is 4.77. The number of hydrogen-bond acceptors (Lipinski definition) is 2. The highest BCUT2D eigenvalue weighted by Gasteiger charge is 2.30. The van der Waals surface area contributed by atoms with Crippen molar-refractivity contribution >= 4 is 84.1 Å². The summed E-state index contributed by atoms with van der Waals surface area (Å²) in [5.74, 6) is 0. The van der Waals surface area contributed by atoms with Crippen LogP contribution in [0.4, 0.5) is 0 Å². The number of benzene rings is 6. The molecular formula is C42H26BN2O2. The molecule has 1 aliphatic heterocycles. The predicted molar refractivity (Wildman–Crippen MR) is 195 cm³/mol. The number of fused-ring (bicyclic) bond motifs is 12. The molecule has 1 aliphatic rings. The quantitative estimate of drug-likeness (QED) is 0.201. The normalized spacial score (nSPS) is 12.6. The molecule has 0 spiro atoms. The van der Waals surface area contributed by atoms with Crippen molar-refractivity contribution in [1.29, 1.82) is 0 Å². The minimum absolute atomic E-state index is 0.884. The minimum atomic E-state index is 0.884. The number of aromatic amines is 1. The molecular weight excluding hydrogens is 575 g/mol. The monoisotopic (exact) mass is 601 g/mol. The molecule has 10 aromatic rings. The van der Waals surface area contributed by atoms with E-state index in [2.05, 4.69) is 128 Å². The van der Waals surface area contributed by atoms with E-state index in [-0.39, 0.29) is 0 Å². The van der Waals surface area contributed by atoms with Crippen molar-refractivity contribution in [3.05, 3.63) is 126 Å². The van der Waals surface area contributed by atoms with E-state index in [4.69, 9.17) is 8.83 Å². The molecule has 219 valence electrons. The van der Waals surface area contributed by atoms with Gasteiger partial charge in [0, 0.05) is 32.8 Å². The van der Waals surface area contributed by atoms with E-state index in [0.717, 1.165) is 66.3 Å². The van der Waals surface area contributed by atoms with E-state index in [1.807, 2.05) is 18.2 Å². The molecule has 6 aromatic carbocycles. The van der Waals surface area contributed by atoms with Crippen LogP contribution >= 0.6 is 0 Å². The lowest BCUT2D eigenvalue weighted by molar-refractivity contribution is 0.646. The molecule has 4 nitrogen and oxygen atoms in total. The maximum Gasteiger partial charge on any atom is 0.213 e. The van der Waals surface area contributed by atoms with Crippen LogP contribution in [0, 0.1) is 13.8 Å². The molecule has 0 bridgehead atoms. The zero-order chi connectivity index (χ0) is 31.0. The van der Waals surface area contributed by atoms with Crippen LogP contribution in [0.2, 0.25) is 0 Å². The molecule has 0 fully saturated rings. The van der Waals surface area contributed by atoms with Crippen LogP contribution < -0.4 is 10.9 Å². The highest BCUT2D eigenvalue weighted by Crippen LogP contribution is 2.43. The van der Waals surface area contributed by atoms with Crippen molar-refractivity contribution < 1.29 is 8.83 Å². The lowest BCUT2D eigenvalue weighted by Gasteiger charge is -2.25. The van der Waals surface area contributed by atoms with E-state index < -0.39 is 0 Å². The Morgan fingerprint density at radius 2 is 1.32 bits per heavy atom. The van der Waals surface area contributed by atoms with E-state index in [0.29, 0.717) is 0 Å². The molecule has 0 saturated heterocycles. The highest BCUT2D eigenvalue weighted by atomic mass is 16.3. The summed E-state index contributed by atoms with van der Waals surface area (Å²) in [5.41, 5.74) is 17.6. The number of aromatic nitrogens is 2. The standard InChI is InChI=1S/C42H26BN2O2/c1-22-10-7-11-23(2)35(22)24-20-30(25-14-8-16-29-38(25)44-39-27-13-4-6-19-34(27)46-41(29)39)37-32(21-24)45-40-28(15-9-17-31(40)43-37)36-26-12-3-5-18-33(26)47-42(36)45/h3-21,44H,1-2H3. The molecule has 0 atom stereocenters. The summed E-state index contributed by atoms with van der Waals surface area (Å²) >= 11 is 0. The van der Waals surface area contributed by atoms with Crippen molar-refractivity contribution in [3.8, 4) is 27.9 Å². The summed E-state index contributed by atoms with van der Waals surface area (Å²) < 4.78 is 15.5. The molecule has 5 heterocycles. The largest absolute Gasteiger partial charge is 0.454 e. The maximum absolute atomic E-state index is 6.71. The summed E-state index contributed by atoms with van der Waals surface area (Å²) in [6.07, 6.45) is 0. The molecule has 4 aromatic heterocycles. The highest BCUT2D eigenvalue weighted by molar-refractivity contribution is 6.73. The topological polar surface area (TPSA) is 47.0 Å². The van der Waals surface area contributed by atoms with Gasteiger partial charge in [-0.2, -0.15) is 0 Å². The van der Waals surface area contributed by atoms with Gasteiger partial charge in [-0.05, 0) is 83.5 Å². The second kappa shape index (κ2) is 8.86. The second-order valence-corrected chi connectivity index (χ2v) is 12.9. The van der Waals surface area contributed by atoms with Gasteiger partial charge < -0.3 is 13.8 Å². The zero-order valence-corrected chi connectivity index (χ0v) is 25.8. The molecule has 0 aliphatic carbocycles. The van der Waals surface area contributed by atoms with Gasteiger partial charge in [-0.1, -0.05) is 84.3 Å². The Hall–Kier alpha value is -5.94. The Morgan fingerprint density at radius 1 is 0.617 bits per heavy atom. The van der Waals surface area contributed by atoms with Crippen molar-refractivity contribution in [2.24, 2.45) is 0 Å². The van der Waals surface area contributed by atoms with Crippen LogP contribution in [0.15, 0.2) is 124 Å². The SMILES string of the molecule is Cc1cccc(C)c1-c1cc(-c2cccc3c2[nH]c2c4ccccc4oc32)c2c(c1)-n1c3oc4ccccc4c3c3cccc(c31)[B]2. The Morgan fingerprint density at radius 3 is 2.17 bits per heavy atom. The fourth-order valence-electron chi connectivity index (χ4n) is 8.26. The summed E-state index contributed by atoms with van der Waals surface area (Å²) in [6.45, 7) is 4.42. The number of aryl methyl sites for hydroxylation is 2. The van der Waals surface area contributed by atoms with Crippen LogP contribution in [-0.4, -0.2) is 16.8 Å². The van der Waals surface area contributed by atoms with Crippen molar-refractivity contribution in [2.45, 2.75) is 13.8 Å².